The molecule has 0 aliphatic heterocycles. The van der Waals surface area contributed by atoms with Gasteiger partial charge in [-0.1, -0.05) is 0 Å². The molecule has 0 unspecified atom stereocenters. The van der Waals surface area contributed by atoms with Crippen LogP contribution in [0.2, 0.25) is 0 Å². The number of rotatable bonds is 8. The maximum atomic E-state index is 12.1. The molecule has 0 atom stereocenters. The van der Waals surface area contributed by atoms with Crippen LogP contribution in [0.5, 0.6) is 23.0 Å². The highest BCUT2D eigenvalue weighted by Gasteiger charge is 2.11. The van der Waals surface area contributed by atoms with E-state index < -0.39 is 0 Å². The molecule has 0 bridgehead atoms. The van der Waals surface area contributed by atoms with Crippen molar-refractivity contribution in [3.63, 3.8) is 0 Å². The maximum Gasteiger partial charge on any atom is 0.271 e. The summed E-state index contributed by atoms with van der Waals surface area (Å²) in [7, 11) is 4.62. The third-order valence-corrected chi connectivity index (χ3v) is 3.53. The predicted octanol–water partition coefficient (Wildman–Crippen LogP) is 2.88. The first-order chi connectivity index (χ1) is 12.6. The smallest absolute Gasteiger partial charge is 0.271 e. The van der Waals surface area contributed by atoms with Crippen LogP contribution in [0, 0.1) is 0 Å². The van der Waals surface area contributed by atoms with Crippen molar-refractivity contribution in [3.05, 3.63) is 47.5 Å². The molecule has 0 fully saturated rings. The zero-order valence-electron chi connectivity index (χ0n) is 15.2. The number of benzene rings is 2. The highest BCUT2D eigenvalue weighted by molar-refractivity contribution is 5.95. The molecule has 2 aromatic carbocycles. The Labute approximate surface area is 152 Å². The average Bonchev–Trinajstić information content (AvgIpc) is 2.68. The average molecular weight is 358 g/mol. The van der Waals surface area contributed by atoms with Gasteiger partial charge < -0.3 is 18.9 Å². The van der Waals surface area contributed by atoms with E-state index in [1.165, 1.54) is 13.3 Å². The number of carbonyl (C=O) groups excluding carboxylic acids is 1. The van der Waals surface area contributed by atoms with Crippen LogP contribution in [-0.4, -0.2) is 40.1 Å². The van der Waals surface area contributed by atoms with Crippen molar-refractivity contribution in [2.45, 2.75) is 6.92 Å². The fraction of sp³-hybridized carbons (Fsp3) is 0.263. The number of methoxy groups -OCH3 is 3. The molecule has 0 heterocycles. The Morgan fingerprint density at radius 2 is 1.62 bits per heavy atom. The first-order valence-electron chi connectivity index (χ1n) is 7.99. The van der Waals surface area contributed by atoms with Crippen LogP contribution in [0.25, 0.3) is 0 Å². The fourth-order valence-electron chi connectivity index (χ4n) is 2.25. The third-order valence-electron chi connectivity index (χ3n) is 3.53. The monoisotopic (exact) mass is 358 g/mol. The van der Waals surface area contributed by atoms with Crippen molar-refractivity contribution < 1.29 is 23.7 Å². The van der Waals surface area contributed by atoms with Crippen LogP contribution in [-0.2, 0) is 0 Å². The van der Waals surface area contributed by atoms with Crippen molar-refractivity contribution in [1.29, 1.82) is 0 Å². The van der Waals surface area contributed by atoms with E-state index in [-0.39, 0.29) is 5.91 Å². The molecular formula is C19H22N2O5. The van der Waals surface area contributed by atoms with Crippen molar-refractivity contribution in [3.8, 4) is 23.0 Å². The van der Waals surface area contributed by atoms with E-state index in [0.29, 0.717) is 40.7 Å². The van der Waals surface area contributed by atoms with Gasteiger partial charge in [-0.25, -0.2) is 5.43 Å². The van der Waals surface area contributed by atoms with Gasteiger partial charge in [0.05, 0.1) is 34.2 Å². The SMILES string of the molecule is CCOc1ccc(C(=O)NN=Cc2cc(OC)c(OC)cc2OC)cc1. The number of hydrogen-bond donors (Lipinski definition) is 1. The number of nitrogens with one attached hydrogen (secondary N) is 1. The number of hydrogen-bond acceptors (Lipinski definition) is 6. The number of hydrazone groups is 1. The molecule has 2 rings (SSSR count). The second-order valence-corrected chi connectivity index (χ2v) is 5.11. The Kier molecular flexibility index (Phi) is 6.84. The fourth-order valence-corrected chi connectivity index (χ4v) is 2.25. The second-order valence-electron chi connectivity index (χ2n) is 5.11. The van der Waals surface area contributed by atoms with Gasteiger partial charge in [0.2, 0.25) is 0 Å². The Morgan fingerprint density at radius 1 is 1.00 bits per heavy atom. The van der Waals surface area contributed by atoms with Crippen LogP contribution in [0.3, 0.4) is 0 Å². The van der Waals surface area contributed by atoms with Crippen LogP contribution in [0.1, 0.15) is 22.8 Å². The largest absolute Gasteiger partial charge is 0.496 e. The van der Waals surface area contributed by atoms with Gasteiger partial charge in [0, 0.05) is 17.2 Å². The van der Waals surface area contributed by atoms with Gasteiger partial charge in [-0.3, -0.25) is 4.79 Å². The summed E-state index contributed by atoms with van der Waals surface area (Å²) in [4.78, 5) is 12.1. The van der Waals surface area contributed by atoms with Gasteiger partial charge >= 0.3 is 0 Å². The summed E-state index contributed by atoms with van der Waals surface area (Å²) in [5.41, 5.74) is 3.59. The van der Waals surface area contributed by atoms with Gasteiger partial charge in [0.25, 0.3) is 5.91 Å². The van der Waals surface area contributed by atoms with Crippen molar-refractivity contribution in [1.82, 2.24) is 5.43 Å². The summed E-state index contributed by atoms with van der Waals surface area (Å²) in [6.45, 7) is 2.47. The first-order valence-corrected chi connectivity index (χ1v) is 7.99. The van der Waals surface area contributed by atoms with Gasteiger partial charge in [-0.05, 0) is 37.3 Å². The molecule has 1 N–H and O–H groups in total. The molecule has 0 saturated carbocycles. The minimum Gasteiger partial charge on any atom is -0.496 e. The lowest BCUT2D eigenvalue weighted by Crippen LogP contribution is -2.17. The Bertz CT molecular complexity index is 772. The topological polar surface area (TPSA) is 78.4 Å². The molecule has 0 aliphatic carbocycles. The second kappa shape index (κ2) is 9.31. The molecule has 7 nitrogen and oxygen atoms in total. The zero-order chi connectivity index (χ0) is 18.9. The van der Waals surface area contributed by atoms with Crippen molar-refractivity contribution in [2.75, 3.05) is 27.9 Å². The molecule has 0 saturated heterocycles. The summed E-state index contributed by atoms with van der Waals surface area (Å²) in [6, 6.07) is 10.2. The summed E-state index contributed by atoms with van der Waals surface area (Å²) in [5.74, 6) is 2.00. The van der Waals surface area contributed by atoms with E-state index in [1.807, 2.05) is 6.92 Å². The van der Waals surface area contributed by atoms with E-state index in [1.54, 1.807) is 50.6 Å². The van der Waals surface area contributed by atoms with Crippen LogP contribution in [0.4, 0.5) is 0 Å². The molecule has 1 amide bonds. The lowest BCUT2D eigenvalue weighted by molar-refractivity contribution is 0.0955. The Hall–Kier alpha value is -3.22. The zero-order valence-corrected chi connectivity index (χ0v) is 15.2. The summed E-state index contributed by atoms with van der Waals surface area (Å²) in [5, 5.41) is 3.98. The molecule has 0 spiro atoms. The lowest BCUT2D eigenvalue weighted by Gasteiger charge is -2.11. The molecular weight excluding hydrogens is 336 g/mol. The van der Waals surface area contributed by atoms with E-state index in [9.17, 15) is 4.79 Å². The first kappa shape index (κ1) is 19.1. The molecule has 26 heavy (non-hydrogen) atoms. The summed E-state index contributed by atoms with van der Waals surface area (Å²) < 4.78 is 21.2. The van der Waals surface area contributed by atoms with Crippen molar-refractivity contribution in [2.24, 2.45) is 5.10 Å². The quantitative estimate of drug-likeness (QED) is 0.580. The minimum atomic E-state index is -0.330. The third kappa shape index (κ3) is 4.66. The predicted molar refractivity (Wildman–Crippen MR) is 98.8 cm³/mol. The van der Waals surface area contributed by atoms with E-state index >= 15 is 0 Å². The van der Waals surface area contributed by atoms with E-state index in [0.717, 1.165) is 0 Å². The summed E-state index contributed by atoms with van der Waals surface area (Å²) >= 11 is 0. The number of carbonyl (C=O) groups is 1. The number of ether oxygens (including phenoxy) is 4. The molecule has 2 aromatic rings. The molecule has 138 valence electrons. The van der Waals surface area contributed by atoms with Gasteiger partial charge in [-0.15, -0.1) is 0 Å². The van der Waals surface area contributed by atoms with Gasteiger partial charge in [-0.2, -0.15) is 5.10 Å². The Morgan fingerprint density at radius 3 is 2.19 bits per heavy atom. The maximum absolute atomic E-state index is 12.1. The summed E-state index contributed by atoms with van der Waals surface area (Å²) in [6.07, 6.45) is 1.48. The van der Waals surface area contributed by atoms with Crippen LogP contribution < -0.4 is 24.4 Å². The van der Waals surface area contributed by atoms with E-state index in [4.69, 9.17) is 18.9 Å². The molecule has 0 aliphatic rings. The van der Waals surface area contributed by atoms with Crippen LogP contribution >= 0.6 is 0 Å². The van der Waals surface area contributed by atoms with E-state index in [2.05, 4.69) is 10.5 Å². The standard InChI is InChI=1S/C19H22N2O5/c1-5-26-15-8-6-13(7-9-15)19(22)21-20-12-14-10-17(24-3)18(25-4)11-16(14)23-2/h6-12H,5H2,1-4H3,(H,21,22). The number of amides is 1. The van der Waals surface area contributed by atoms with Gasteiger partial charge in [0.1, 0.15) is 11.5 Å². The van der Waals surface area contributed by atoms with Crippen molar-refractivity contribution >= 4 is 12.1 Å². The minimum absolute atomic E-state index is 0.330. The molecule has 0 radical (unpaired) electrons. The van der Waals surface area contributed by atoms with Gasteiger partial charge in [0.15, 0.2) is 11.5 Å². The highest BCUT2D eigenvalue weighted by Crippen LogP contribution is 2.33. The lowest BCUT2D eigenvalue weighted by atomic mass is 10.2. The molecule has 7 heteroatoms. The Balaban J connectivity index is 2.10. The van der Waals surface area contributed by atoms with Crippen LogP contribution in [0.15, 0.2) is 41.5 Å². The highest BCUT2D eigenvalue weighted by atomic mass is 16.5. The number of nitrogens with zero attached hydrogens (tertiary/aromatic N) is 1. The normalized spacial score (nSPS) is 10.5. The molecule has 0 aromatic heterocycles.